The number of ether oxygens (including phenoxy) is 1. The second-order valence-electron chi connectivity index (χ2n) is 8.66. The molecule has 1 aromatic heterocycles. The molecule has 1 aliphatic rings. The molecule has 0 spiro atoms. The molecule has 1 atom stereocenters. The lowest BCUT2D eigenvalue weighted by atomic mass is 9.99. The Labute approximate surface area is 199 Å². The average molecular weight is 461 g/mol. The first kappa shape index (κ1) is 23.7. The molecule has 1 N–H and O–H groups in total. The maximum atomic E-state index is 14.5. The van der Waals surface area contributed by atoms with Crippen LogP contribution in [-0.4, -0.2) is 29.2 Å². The maximum absolute atomic E-state index is 14.5. The molecular weight excluding hydrogens is 431 g/mol. The smallest absolute Gasteiger partial charge is 0.261 e. The summed E-state index contributed by atoms with van der Waals surface area (Å²) in [6.07, 6.45) is 6.29. The van der Waals surface area contributed by atoms with Crippen LogP contribution in [0.2, 0.25) is 0 Å². The van der Waals surface area contributed by atoms with Crippen LogP contribution < -0.4 is 15.6 Å². The molecule has 3 aromatic rings. The molecule has 2 aromatic carbocycles. The van der Waals surface area contributed by atoms with Crippen molar-refractivity contribution in [2.24, 2.45) is 7.05 Å². The van der Waals surface area contributed by atoms with Crippen LogP contribution in [0.15, 0.2) is 47.3 Å². The molecule has 0 saturated carbocycles. The van der Waals surface area contributed by atoms with E-state index in [2.05, 4.69) is 10.2 Å². The Hall–Kier alpha value is -3.50. The van der Waals surface area contributed by atoms with E-state index in [0.29, 0.717) is 46.4 Å². The Kier molecular flexibility index (Phi) is 7.39. The minimum absolute atomic E-state index is 0.0572. The van der Waals surface area contributed by atoms with E-state index < -0.39 is 5.82 Å². The standard InChI is InChI=1S/C27H29FN4O2/c1-29-23-14-10-19(17-22(23)28)26-25(18-8-12-21(34-3)13-9-18)27(33)32(2)24(31-26)15-11-20-7-5-4-6-16-30-20/h8-10,12-14,17,20,30H,4-7,11,15-16H2,2-3H3. The largest absolute Gasteiger partial charge is 0.497 e. The Bertz CT molecular complexity index is 1250. The number of halogens is 1. The summed E-state index contributed by atoms with van der Waals surface area (Å²) >= 11 is 0. The van der Waals surface area contributed by atoms with Gasteiger partial charge in [-0.3, -0.25) is 9.36 Å². The van der Waals surface area contributed by atoms with Crippen LogP contribution in [0.3, 0.4) is 0 Å². The van der Waals surface area contributed by atoms with Crippen molar-refractivity contribution in [3.05, 3.63) is 75.9 Å². The number of aryl methyl sites for hydroxylation is 1. The third kappa shape index (κ3) is 5.02. The molecule has 1 aliphatic heterocycles. The zero-order valence-corrected chi connectivity index (χ0v) is 19.6. The SMILES string of the molecule is [C-]#[N+]c1ccc(-c2nc(CCC3CCCCCN3)n(C)c(=O)c2-c2ccc(OC)cc2)cc1F. The monoisotopic (exact) mass is 460 g/mol. The summed E-state index contributed by atoms with van der Waals surface area (Å²) < 4.78 is 21.4. The van der Waals surface area contributed by atoms with E-state index in [1.54, 1.807) is 49.1 Å². The highest BCUT2D eigenvalue weighted by Gasteiger charge is 2.20. The summed E-state index contributed by atoms with van der Waals surface area (Å²) in [5, 5.41) is 3.60. The van der Waals surface area contributed by atoms with E-state index in [9.17, 15) is 9.18 Å². The fraction of sp³-hybridized carbons (Fsp3) is 0.370. The quantitative estimate of drug-likeness (QED) is 0.509. The molecule has 0 radical (unpaired) electrons. The lowest BCUT2D eigenvalue weighted by Gasteiger charge is -2.18. The normalized spacial score (nSPS) is 16.0. The van der Waals surface area contributed by atoms with Crippen molar-refractivity contribution in [3.8, 4) is 28.1 Å². The minimum atomic E-state index is -0.625. The number of methoxy groups -OCH3 is 1. The third-order valence-corrected chi connectivity index (χ3v) is 6.48. The van der Waals surface area contributed by atoms with Crippen molar-refractivity contribution >= 4 is 5.69 Å². The molecule has 4 rings (SSSR count). The van der Waals surface area contributed by atoms with E-state index in [0.717, 1.165) is 19.4 Å². The van der Waals surface area contributed by atoms with Crippen molar-refractivity contribution in [2.75, 3.05) is 13.7 Å². The Morgan fingerprint density at radius 3 is 2.65 bits per heavy atom. The topological polar surface area (TPSA) is 60.5 Å². The van der Waals surface area contributed by atoms with E-state index in [1.165, 1.54) is 31.4 Å². The van der Waals surface area contributed by atoms with Crippen LogP contribution >= 0.6 is 0 Å². The molecule has 1 saturated heterocycles. The van der Waals surface area contributed by atoms with Gasteiger partial charge in [-0.2, -0.15) is 0 Å². The van der Waals surface area contributed by atoms with Gasteiger partial charge in [-0.15, -0.1) is 0 Å². The highest BCUT2D eigenvalue weighted by molar-refractivity contribution is 5.81. The number of nitrogens with one attached hydrogen (secondary N) is 1. The van der Waals surface area contributed by atoms with Gasteiger partial charge in [0.15, 0.2) is 0 Å². The van der Waals surface area contributed by atoms with Gasteiger partial charge in [-0.25, -0.2) is 14.2 Å². The van der Waals surface area contributed by atoms with Crippen LogP contribution in [0.1, 0.15) is 37.9 Å². The molecule has 2 heterocycles. The second-order valence-corrected chi connectivity index (χ2v) is 8.66. The number of rotatable bonds is 6. The van der Waals surface area contributed by atoms with Crippen molar-refractivity contribution in [3.63, 3.8) is 0 Å². The van der Waals surface area contributed by atoms with E-state index in [1.807, 2.05) is 0 Å². The highest BCUT2D eigenvalue weighted by Crippen LogP contribution is 2.32. The van der Waals surface area contributed by atoms with Gasteiger partial charge in [-0.1, -0.05) is 37.1 Å². The van der Waals surface area contributed by atoms with Gasteiger partial charge < -0.3 is 10.1 Å². The number of aromatic nitrogens is 2. The lowest BCUT2D eigenvalue weighted by Crippen LogP contribution is -2.30. The number of hydrogen-bond donors (Lipinski definition) is 1. The molecule has 176 valence electrons. The van der Waals surface area contributed by atoms with Crippen molar-refractivity contribution in [1.29, 1.82) is 0 Å². The van der Waals surface area contributed by atoms with Crippen LogP contribution in [0.4, 0.5) is 10.1 Å². The van der Waals surface area contributed by atoms with Crippen molar-refractivity contribution in [1.82, 2.24) is 14.9 Å². The molecule has 1 unspecified atom stereocenters. The van der Waals surface area contributed by atoms with Gasteiger partial charge in [0.1, 0.15) is 17.4 Å². The summed E-state index contributed by atoms with van der Waals surface area (Å²) in [7, 11) is 3.32. The van der Waals surface area contributed by atoms with Gasteiger partial charge in [0.05, 0.1) is 24.9 Å². The lowest BCUT2D eigenvalue weighted by molar-refractivity contribution is 0.415. The number of nitrogens with zero attached hydrogens (tertiary/aromatic N) is 3. The summed E-state index contributed by atoms with van der Waals surface area (Å²) in [6, 6.07) is 12.0. The van der Waals surface area contributed by atoms with E-state index in [-0.39, 0.29) is 11.2 Å². The van der Waals surface area contributed by atoms with Crippen LogP contribution in [0, 0.1) is 12.4 Å². The van der Waals surface area contributed by atoms with Gasteiger partial charge >= 0.3 is 0 Å². The first-order chi connectivity index (χ1) is 16.5. The molecule has 6 nitrogen and oxygen atoms in total. The Balaban J connectivity index is 1.80. The predicted octanol–water partition coefficient (Wildman–Crippen LogP) is 5.28. The molecular formula is C27H29FN4O2. The first-order valence-corrected chi connectivity index (χ1v) is 11.7. The van der Waals surface area contributed by atoms with Crippen LogP contribution in [-0.2, 0) is 13.5 Å². The van der Waals surface area contributed by atoms with Crippen LogP contribution in [0.5, 0.6) is 5.75 Å². The zero-order chi connectivity index (χ0) is 24.1. The maximum Gasteiger partial charge on any atom is 0.261 e. The number of hydrogen-bond acceptors (Lipinski definition) is 4. The molecule has 0 bridgehead atoms. The van der Waals surface area contributed by atoms with Crippen molar-refractivity contribution < 1.29 is 9.13 Å². The second kappa shape index (κ2) is 10.6. The number of benzene rings is 2. The average Bonchev–Trinajstić information content (AvgIpc) is 3.14. The Morgan fingerprint density at radius 2 is 1.94 bits per heavy atom. The molecule has 0 aliphatic carbocycles. The van der Waals surface area contributed by atoms with Gasteiger partial charge in [0, 0.05) is 25.1 Å². The molecule has 34 heavy (non-hydrogen) atoms. The summed E-state index contributed by atoms with van der Waals surface area (Å²) in [4.78, 5) is 21.7. The summed E-state index contributed by atoms with van der Waals surface area (Å²) in [5.41, 5.74) is 1.73. The third-order valence-electron chi connectivity index (χ3n) is 6.48. The van der Waals surface area contributed by atoms with Gasteiger partial charge in [0.2, 0.25) is 5.69 Å². The minimum Gasteiger partial charge on any atom is -0.497 e. The first-order valence-electron chi connectivity index (χ1n) is 11.7. The highest BCUT2D eigenvalue weighted by atomic mass is 19.1. The zero-order valence-electron chi connectivity index (χ0n) is 19.6. The fourth-order valence-electron chi connectivity index (χ4n) is 4.49. The van der Waals surface area contributed by atoms with E-state index >= 15 is 0 Å². The fourth-order valence-corrected chi connectivity index (χ4v) is 4.49. The molecule has 1 fully saturated rings. The van der Waals surface area contributed by atoms with Crippen LogP contribution in [0.25, 0.3) is 27.2 Å². The molecule has 7 heteroatoms. The summed E-state index contributed by atoms with van der Waals surface area (Å²) in [5.74, 6) is 0.716. The summed E-state index contributed by atoms with van der Waals surface area (Å²) in [6.45, 7) is 8.16. The molecule has 0 amide bonds. The van der Waals surface area contributed by atoms with E-state index in [4.69, 9.17) is 16.3 Å². The van der Waals surface area contributed by atoms with Crippen molar-refractivity contribution in [2.45, 2.75) is 44.6 Å². The van der Waals surface area contributed by atoms with Gasteiger partial charge in [0.25, 0.3) is 5.56 Å². The van der Waals surface area contributed by atoms with Gasteiger partial charge in [-0.05, 0) is 49.6 Å². The predicted molar refractivity (Wildman–Crippen MR) is 132 cm³/mol. The Morgan fingerprint density at radius 1 is 1.18 bits per heavy atom.